The van der Waals surface area contributed by atoms with E-state index >= 15 is 0 Å². The van der Waals surface area contributed by atoms with E-state index in [1.807, 2.05) is 44.6 Å². The monoisotopic (exact) mass is 216 g/mol. The first-order valence-corrected chi connectivity index (χ1v) is 5.32. The Labute approximate surface area is 95.1 Å². The molecule has 0 bridgehead atoms. The van der Waals surface area contributed by atoms with Crippen molar-refractivity contribution < 1.29 is 0 Å². The molecule has 2 rings (SSSR count). The number of rotatable bonds is 3. The highest BCUT2D eigenvalue weighted by Gasteiger charge is 2.08. The molecule has 2 aromatic rings. The summed E-state index contributed by atoms with van der Waals surface area (Å²) in [6.45, 7) is 1.97. The van der Waals surface area contributed by atoms with Crippen molar-refractivity contribution in [1.29, 1.82) is 0 Å². The standard InChI is InChI=1S/C12H16N4/c1-9-3-4-10(8-14-9)12(13)7-11-5-6-16(2)15-11/h3-6,8,12H,7,13H2,1-2H3. The molecule has 2 N–H and O–H groups in total. The van der Waals surface area contributed by atoms with E-state index in [9.17, 15) is 0 Å². The van der Waals surface area contributed by atoms with Gasteiger partial charge >= 0.3 is 0 Å². The Hall–Kier alpha value is -1.68. The molecule has 0 fully saturated rings. The van der Waals surface area contributed by atoms with E-state index in [2.05, 4.69) is 10.1 Å². The molecule has 0 aliphatic carbocycles. The van der Waals surface area contributed by atoms with Gasteiger partial charge in [-0.05, 0) is 24.6 Å². The molecular formula is C12H16N4. The topological polar surface area (TPSA) is 56.7 Å². The summed E-state index contributed by atoms with van der Waals surface area (Å²) in [6, 6.07) is 5.95. The van der Waals surface area contributed by atoms with Gasteiger partial charge < -0.3 is 5.73 Å². The fraction of sp³-hybridized carbons (Fsp3) is 0.333. The molecule has 0 aliphatic rings. The summed E-state index contributed by atoms with van der Waals surface area (Å²) in [5.74, 6) is 0. The molecule has 16 heavy (non-hydrogen) atoms. The maximum Gasteiger partial charge on any atom is 0.0643 e. The molecule has 1 atom stereocenters. The van der Waals surface area contributed by atoms with Crippen LogP contribution in [0.3, 0.4) is 0 Å². The minimum Gasteiger partial charge on any atom is -0.324 e. The number of nitrogens with zero attached hydrogens (tertiary/aromatic N) is 3. The lowest BCUT2D eigenvalue weighted by Crippen LogP contribution is -2.14. The highest BCUT2D eigenvalue weighted by molar-refractivity contribution is 5.18. The lowest BCUT2D eigenvalue weighted by atomic mass is 10.0. The molecule has 0 amide bonds. The maximum atomic E-state index is 6.10. The van der Waals surface area contributed by atoms with Gasteiger partial charge in [0.05, 0.1) is 5.69 Å². The zero-order valence-electron chi connectivity index (χ0n) is 9.59. The predicted octanol–water partition coefficient (Wildman–Crippen LogP) is 1.37. The zero-order chi connectivity index (χ0) is 11.5. The predicted molar refractivity (Wildman–Crippen MR) is 62.8 cm³/mol. The summed E-state index contributed by atoms with van der Waals surface area (Å²) in [5, 5.41) is 4.31. The first-order valence-electron chi connectivity index (χ1n) is 5.32. The fourth-order valence-corrected chi connectivity index (χ4v) is 1.61. The molecule has 4 heteroatoms. The molecule has 0 spiro atoms. The minimum atomic E-state index is -0.0389. The average molecular weight is 216 g/mol. The van der Waals surface area contributed by atoms with Gasteiger partial charge in [-0.15, -0.1) is 0 Å². The molecular weight excluding hydrogens is 200 g/mol. The van der Waals surface area contributed by atoms with Crippen LogP contribution in [0.15, 0.2) is 30.6 Å². The summed E-state index contributed by atoms with van der Waals surface area (Å²) in [4.78, 5) is 4.24. The van der Waals surface area contributed by atoms with Gasteiger partial charge in [0.1, 0.15) is 0 Å². The van der Waals surface area contributed by atoms with Gasteiger partial charge in [-0.2, -0.15) is 5.10 Å². The third-order valence-electron chi connectivity index (χ3n) is 2.56. The van der Waals surface area contributed by atoms with Gasteiger partial charge in [0.15, 0.2) is 0 Å². The number of pyridine rings is 1. The van der Waals surface area contributed by atoms with E-state index in [4.69, 9.17) is 5.73 Å². The Bertz CT molecular complexity index is 458. The molecule has 2 aromatic heterocycles. The summed E-state index contributed by atoms with van der Waals surface area (Å²) >= 11 is 0. The second-order valence-corrected chi connectivity index (χ2v) is 4.02. The second-order valence-electron chi connectivity index (χ2n) is 4.02. The number of hydrogen-bond donors (Lipinski definition) is 1. The van der Waals surface area contributed by atoms with Crippen LogP contribution in [0, 0.1) is 6.92 Å². The summed E-state index contributed by atoms with van der Waals surface area (Å²) in [5.41, 5.74) is 9.17. The van der Waals surface area contributed by atoms with Crippen LogP contribution < -0.4 is 5.73 Å². The quantitative estimate of drug-likeness (QED) is 0.843. The van der Waals surface area contributed by atoms with Gasteiger partial charge in [-0.3, -0.25) is 9.67 Å². The van der Waals surface area contributed by atoms with Crippen molar-refractivity contribution in [1.82, 2.24) is 14.8 Å². The van der Waals surface area contributed by atoms with E-state index in [0.717, 1.165) is 23.4 Å². The molecule has 1 unspecified atom stereocenters. The largest absolute Gasteiger partial charge is 0.324 e. The molecule has 4 nitrogen and oxygen atoms in total. The van der Waals surface area contributed by atoms with Gasteiger partial charge in [0.25, 0.3) is 0 Å². The third kappa shape index (κ3) is 2.46. The smallest absolute Gasteiger partial charge is 0.0643 e. The Morgan fingerprint density at radius 1 is 1.38 bits per heavy atom. The van der Waals surface area contributed by atoms with Gasteiger partial charge in [0, 0.05) is 37.6 Å². The Morgan fingerprint density at radius 2 is 2.19 bits per heavy atom. The van der Waals surface area contributed by atoms with Crippen molar-refractivity contribution in [2.45, 2.75) is 19.4 Å². The summed E-state index contributed by atoms with van der Waals surface area (Å²) in [7, 11) is 1.91. The van der Waals surface area contributed by atoms with Crippen LogP contribution in [-0.4, -0.2) is 14.8 Å². The molecule has 0 saturated heterocycles. The van der Waals surface area contributed by atoms with E-state index in [-0.39, 0.29) is 6.04 Å². The van der Waals surface area contributed by atoms with Crippen molar-refractivity contribution in [3.8, 4) is 0 Å². The van der Waals surface area contributed by atoms with E-state index in [1.54, 1.807) is 4.68 Å². The highest BCUT2D eigenvalue weighted by Crippen LogP contribution is 2.14. The first-order chi connectivity index (χ1) is 7.65. The van der Waals surface area contributed by atoms with Crippen LogP contribution in [0.4, 0.5) is 0 Å². The second kappa shape index (κ2) is 4.45. The van der Waals surface area contributed by atoms with Crippen LogP contribution in [0.2, 0.25) is 0 Å². The van der Waals surface area contributed by atoms with Crippen LogP contribution >= 0.6 is 0 Å². The molecule has 0 saturated carbocycles. The van der Waals surface area contributed by atoms with Crippen LogP contribution in [0.25, 0.3) is 0 Å². The lowest BCUT2D eigenvalue weighted by Gasteiger charge is -2.09. The van der Waals surface area contributed by atoms with Crippen LogP contribution in [0.5, 0.6) is 0 Å². The first kappa shape index (κ1) is 10.8. The Kier molecular flexibility index (Phi) is 3.01. The van der Waals surface area contributed by atoms with Crippen LogP contribution in [-0.2, 0) is 13.5 Å². The van der Waals surface area contributed by atoms with Gasteiger partial charge in [-0.1, -0.05) is 6.07 Å². The number of nitrogens with two attached hydrogens (primary N) is 1. The Morgan fingerprint density at radius 3 is 2.75 bits per heavy atom. The molecule has 0 radical (unpaired) electrons. The van der Waals surface area contributed by atoms with E-state index in [0.29, 0.717) is 0 Å². The number of aryl methyl sites for hydroxylation is 2. The van der Waals surface area contributed by atoms with Gasteiger partial charge in [-0.25, -0.2) is 0 Å². The zero-order valence-corrected chi connectivity index (χ0v) is 9.59. The van der Waals surface area contributed by atoms with Crippen molar-refractivity contribution >= 4 is 0 Å². The lowest BCUT2D eigenvalue weighted by molar-refractivity contribution is 0.673. The number of hydrogen-bond acceptors (Lipinski definition) is 3. The normalized spacial score (nSPS) is 12.7. The van der Waals surface area contributed by atoms with Gasteiger partial charge in [0.2, 0.25) is 0 Å². The van der Waals surface area contributed by atoms with E-state index in [1.165, 1.54) is 0 Å². The minimum absolute atomic E-state index is 0.0389. The van der Waals surface area contributed by atoms with Crippen LogP contribution in [0.1, 0.15) is 23.0 Å². The highest BCUT2D eigenvalue weighted by atomic mass is 15.2. The molecule has 0 aromatic carbocycles. The molecule has 0 aliphatic heterocycles. The summed E-state index contributed by atoms with van der Waals surface area (Å²) in [6.07, 6.45) is 4.50. The van der Waals surface area contributed by atoms with Crippen molar-refractivity contribution in [2.75, 3.05) is 0 Å². The van der Waals surface area contributed by atoms with E-state index < -0.39 is 0 Å². The molecule has 84 valence electrons. The third-order valence-corrected chi connectivity index (χ3v) is 2.56. The average Bonchev–Trinajstić information content (AvgIpc) is 2.65. The maximum absolute atomic E-state index is 6.10. The van der Waals surface area contributed by atoms with Crippen molar-refractivity contribution in [3.63, 3.8) is 0 Å². The fourth-order valence-electron chi connectivity index (χ4n) is 1.61. The number of aromatic nitrogens is 3. The summed E-state index contributed by atoms with van der Waals surface area (Å²) < 4.78 is 1.79. The van der Waals surface area contributed by atoms with Crippen molar-refractivity contribution in [2.24, 2.45) is 12.8 Å². The van der Waals surface area contributed by atoms with Crippen molar-refractivity contribution in [3.05, 3.63) is 47.5 Å². The SMILES string of the molecule is Cc1ccc(C(N)Cc2ccn(C)n2)cn1. The molecule has 2 heterocycles. The Balaban J connectivity index is 2.08.